The normalized spacial score (nSPS) is 21.9. The third-order valence-corrected chi connectivity index (χ3v) is 5.66. The largest absolute Gasteiger partial charge is 0.337 e. The molecule has 1 saturated heterocycles. The molecule has 2 aromatic heterocycles. The van der Waals surface area contributed by atoms with E-state index in [0.717, 1.165) is 9.75 Å². The molecular weight excluding hydrogens is 318 g/mol. The summed E-state index contributed by atoms with van der Waals surface area (Å²) in [6.07, 6.45) is 2.73. The Morgan fingerprint density at radius 1 is 1.50 bits per heavy atom. The molecule has 0 saturated carbocycles. The second-order valence-electron chi connectivity index (χ2n) is 5.38. The van der Waals surface area contributed by atoms with E-state index in [9.17, 15) is 9.59 Å². The number of hydrogen-bond acceptors (Lipinski definition) is 5. The summed E-state index contributed by atoms with van der Waals surface area (Å²) in [6, 6.07) is 3.74. The maximum Gasteiger partial charge on any atom is 0.231 e. The molecule has 0 aliphatic carbocycles. The number of hydrogen-bond donors (Lipinski definition) is 1. The third kappa shape index (κ3) is 2.91. The number of aromatic nitrogens is 1. The SMILES string of the molecule is Cc1cnc(NC(=O)C2CCC(=O)N(C)C2c2cccs2)s1. The Labute approximate surface area is 137 Å². The summed E-state index contributed by atoms with van der Waals surface area (Å²) >= 11 is 3.04. The minimum atomic E-state index is -0.245. The monoisotopic (exact) mass is 335 g/mol. The van der Waals surface area contributed by atoms with E-state index in [1.54, 1.807) is 29.5 Å². The van der Waals surface area contributed by atoms with Crippen LogP contribution in [-0.2, 0) is 9.59 Å². The second kappa shape index (κ2) is 6.18. The van der Waals surface area contributed by atoms with Crippen molar-refractivity contribution in [3.05, 3.63) is 33.5 Å². The number of likely N-dealkylation sites (tertiary alicyclic amines) is 1. The lowest BCUT2D eigenvalue weighted by Crippen LogP contribution is -2.44. The lowest BCUT2D eigenvalue weighted by molar-refractivity contribution is -0.140. The zero-order valence-corrected chi connectivity index (χ0v) is 14.0. The summed E-state index contributed by atoms with van der Waals surface area (Å²) in [5.41, 5.74) is 0. The van der Waals surface area contributed by atoms with E-state index in [2.05, 4.69) is 10.3 Å². The number of thiophene rings is 1. The molecule has 1 N–H and O–H groups in total. The number of nitrogens with one attached hydrogen (secondary N) is 1. The Hall–Kier alpha value is -1.73. The fraction of sp³-hybridized carbons (Fsp3) is 0.400. The van der Waals surface area contributed by atoms with Crippen LogP contribution in [0.25, 0.3) is 0 Å². The molecule has 2 unspecified atom stereocenters. The van der Waals surface area contributed by atoms with Gasteiger partial charge in [0.1, 0.15) is 0 Å². The molecule has 0 aromatic carbocycles. The predicted octanol–water partition coefficient (Wildman–Crippen LogP) is 3.06. The highest BCUT2D eigenvalue weighted by Gasteiger charge is 2.39. The van der Waals surface area contributed by atoms with Crippen molar-refractivity contribution in [1.29, 1.82) is 0 Å². The number of piperidine rings is 1. The van der Waals surface area contributed by atoms with Crippen molar-refractivity contribution in [3.8, 4) is 0 Å². The average Bonchev–Trinajstić information content (AvgIpc) is 3.13. The summed E-state index contributed by atoms with van der Waals surface area (Å²) in [7, 11) is 1.78. The first kappa shape index (κ1) is 15.2. The van der Waals surface area contributed by atoms with E-state index >= 15 is 0 Å². The second-order valence-corrected chi connectivity index (χ2v) is 7.59. The first-order chi connectivity index (χ1) is 10.6. The molecule has 2 atom stereocenters. The van der Waals surface area contributed by atoms with Crippen LogP contribution in [0.2, 0.25) is 0 Å². The van der Waals surface area contributed by atoms with E-state index in [-0.39, 0.29) is 23.8 Å². The van der Waals surface area contributed by atoms with Crippen molar-refractivity contribution in [2.24, 2.45) is 5.92 Å². The molecule has 2 aromatic rings. The van der Waals surface area contributed by atoms with Gasteiger partial charge in [-0.1, -0.05) is 6.07 Å². The lowest BCUT2D eigenvalue weighted by atomic mass is 9.87. The number of thiazole rings is 1. The van der Waals surface area contributed by atoms with E-state index in [1.807, 2.05) is 24.4 Å². The average molecular weight is 335 g/mol. The van der Waals surface area contributed by atoms with Gasteiger partial charge in [-0.05, 0) is 24.8 Å². The molecule has 22 heavy (non-hydrogen) atoms. The van der Waals surface area contributed by atoms with Crippen LogP contribution in [0.5, 0.6) is 0 Å². The number of carbonyl (C=O) groups is 2. The number of rotatable bonds is 3. The van der Waals surface area contributed by atoms with Crippen molar-refractivity contribution in [2.75, 3.05) is 12.4 Å². The van der Waals surface area contributed by atoms with Gasteiger partial charge in [0.25, 0.3) is 0 Å². The van der Waals surface area contributed by atoms with Crippen molar-refractivity contribution >= 4 is 39.6 Å². The number of aryl methyl sites for hydroxylation is 1. The molecule has 1 aliphatic heterocycles. The van der Waals surface area contributed by atoms with E-state index in [4.69, 9.17) is 0 Å². The molecule has 3 rings (SSSR count). The molecule has 1 fully saturated rings. The Morgan fingerprint density at radius 3 is 2.95 bits per heavy atom. The Kier molecular flexibility index (Phi) is 4.26. The molecule has 3 heterocycles. The van der Waals surface area contributed by atoms with Crippen LogP contribution in [0.3, 0.4) is 0 Å². The molecule has 1 aliphatic rings. The minimum absolute atomic E-state index is 0.0629. The van der Waals surface area contributed by atoms with Crippen LogP contribution >= 0.6 is 22.7 Å². The molecule has 116 valence electrons. The Morgan fingerprint density at radius 2 is 2.32 bits per heavy atom. The van der Waals surface area contributed by atoms with Gasteiger partial charge in [-0.3, -0.25) is 9.59 Å². The van der Waals surface area contributed by atoms with Gasteiger partial charge in [-0.25, -0.2) is 4.98 Å². The van der Waals surface area contributed by atoms with Gasteiger partial charge in [0, 0.05) is 29.4 Å². The quantitative estimate of drug-likeness (QED) is 0.938. The molecular formula is C15H17N3O2S2. The zero-order valence-electron chi connectivity index (χ0n) is 12.4. The number of nitrogens with zero attached hydrogens (tertiary/aromatic N) is 2. The van der Waals surface area contributed by atoms with E-state index in [1.165, 1.54) is 11.3 Å². The van der Waals surface area contributed by atoms with Crippen LogP contribution < -0.4 is 5.32 Å². The highest BCUT2D eigenvalue weighted by Crippen LogP contribution is 2.38. The summed E-state index contributed by atoms with van der Waals surface area (Å²) in [4.78, 5) is 32.7. The van der Waals surface area contributed by atoms with Gasteiger partial charge in [-0.15, -0.1) is 22.7 Å². The standard InChI is InChI=1S/C15H17N3O2S2/c1-9-8-16-15(22-9)17-14(20)10-5-6-12(19)18(2)13(10)11-4-3-7-21-11/h3-4,7-8,10,13H,5-6H2,1-2H3,(H,16,17,20). The van der Waals surface area contributed by atoms with E-state index < -0.39 is 0 Å². The van der Waals surface area contributed by atoms with Gasteiger partial charge in [0.05, 0.1) is 12.0 Å². The maximum atomic E-state index is 12.7. The van der Waals surface area contributed by atoms with Crippen molar-refractivity contribution in [2.45, 2.75) is 25.8 Å². The lowest BCUT2D eigenvalue weighted by Gasteiger charge is -2.37. The van der Waals surface area contributed by atoms with Crippen LogP contribution in [-0.4, -0.2) is 28.7 Å². The summed E-state index contributed by atoms with van der Waals surface area (Å²) < 4.78 is 0. The summed E-state index contributed by atoms with van der Waals surface area (Å²) in [6.45, 7) is 1.95. The summed E-state index contributed by atoms with van der Waals surface area (Å²) in [5.74, 6) is -0.217. The topological polar surface area (TPSA) is 62.3 Å². The van der Waals surface area contributed by atoms with Crippen molar-refractivity contribution < 1.29 is 9.59 Å². The number of amides is 2. The number of anilines is 1. The minimum Gasteiger partial charge on any atom is -0.337 e. The van der Waals surface area contributed by atoms with Gasteiger partial charge < -0.3 is 10.2 Å². The molecule has 0 bridgehead atoms. The summed E-state index contributed by atoms with van der Waals surface area (Å²) in [5, 5.41) is 5.49. The number of carbonyl (C=O) groups excluding carboxylic acids is 2. The van der Waals surface area contributed by atoms with Gasteiger partial charge >= 0.3 is 0 Å². The highest BCUT2D eigenvalue weighted by atomic mass is 32.1. The van der Waals surface area contributed by atoms with Crippen molar-refractivity contribution in [3.63, 3.8) is 0 Å². The van der Waals surface area contributed by atoms with Crippen LogP contribution in [0.4, 0.5) is 5.13 Å². The van der Waals surface area contributed by atoms with Crippen LogP contribution in [0.15, 0.2) is 23.7 Å². The molecule has 0 radical (unpaired) electrons. The predicted molar refractivity (Wildman–Crippen MR) is 88.0 cm³/mol. The fourth-order valence-electron chi connectivity index (χ4n) is 2.77. The van der Waals surface area contributed by atoms with Crippen molar-refractivity contribution in [1.82, 2.24) is 9.88 Å². The van der Waals surface area contributed by atoms with Gasteiger partial charge in [0.2, 0.25) is 11.8 Å². The van der Waals surface area contributed by atoms with Crippen LogP contribution in [0.1, 0.15) is 28.6 Å². The highest BCUT2D eigenvalue weighted by molar-refractivity contribution is 7.15. The first-order valence-electron chi connectivity index (χ1n) is 7.08. The van der Waals surface area contributed by atoms with Gasteiger partial charge in [0.15, 0.2) is 5.13 Å². The Balaban J connectivity index is 1.83. The maximum absolute atomic E-state index is 12.7. The van der Waals surface area contributed by atoms with Gasteiger partial charge in [-0.2, -0.15) is 0 Å². The van der Waals surface area contributed by atoms with E-state index in [0.29, 0.717) is 18.0 Å². The zero-order chi connectivity index (χ0) is 15.7. The fourth-order valence-corrected chi connectivity index (χ4v) is 4.37. The Bertz CT molecular complexity index is 681. The van der Waals surface area contributed by atoms with Crippen LogP contribution in [0, 0.1) is 12.8 Å². The third-order valence-electron chi connectivity index (χ3n) is 3.88. The molecule has 5 nitrogen and oxygen atoms in total. The molecule has 7 heteroatoms. The smallest absolute Gasteiger partial charge is 0.231 e. The first-order valence-corrected chi connectivity index (χ1v) is 8.78. The molecule has 0 spiro atoms. The molecule has 2 amide bonds.